The highest BCUT2D eigenvalue weighted by atomic mass is 32.2. The minimum Gasteiger partial charge on any atom is -0.495 e. The summed E-state index contributed by atoms with van der Waals surface area (Å²) in [7, 11) is -2.21. The Morgan fingerprint density at radius 3 is 2.45 bits per heavy atom. The number of benzene rings is 1. The number of sulfonamides is 1. The van der Waals surface area contributed by atoms with Crippen LogP contribution in [0.5, 0.6) is 5.75 Å². The van der Waals surface area contributed by atoms with Crippen molar-refractivity contribution in [1.82, 2.24) is 9.21 Å². The van der Waals surface area contributed by atoms with Crippen LogP contribution < -0.4 is 4.74 Å². The molecule has 0 unspecified atom stereocenters. The second kappa shape index (κ2) is 6.64. The lowest BCUT2D eigenvalue weighted by Gasteiger charge is -2.33. The Bertz CT molecular complexity index is 651. The van der Waals surface area contributed by atoms with Crippen LogP contribution in [-0.2, 0) is 14.8 Å². The zero-order valence-electron chi connectivity index (χ0n) is 12.7. The molecule has 0 aromatic heterocycles. The normalized spacial score (nSPS) is 17.4. The molecule has 0 bridgehead atoms. The fourth-order valence-electron chi connectivity index (χ4n) is 2.44. The molecule has 0 aliphatic carbocycles. The highest BCUT2D eigenvalue weighted by Crippen LogP contribution is 2.28. The molecule has 1 aromatic carbocycles. The van der Waals surface area contributed by atoms with E-state index in [-0.39, 0.29) is 24.5 Å². The zero-order valence-corrected chi connectivity index (χ0v) is 13.5. The van der Waals surface area contributed by atoms with Gasteiger partial charge < -0.3 is 9.84 Å². The number of aliphatic carboxylic acids is 1. The van der Waals surface area contributed by atoms with Gasteiger partial charge in [-0.1, -0.05) is 6.07 Å². The summed E-state index contributed by atoms with van der Waals surface area (Å²) in [4.78, 5) is 12.6. The molecule has 0 atom stereocenters. The lowest BCUT2D eigenvalue weighted by Crippen LogP contribution is -2.49. The summed E-state index contributed by atoms with van der Waals surface area (Å²) in [6, 6.07) is 5.03. The second-order valence-electron chi connectivity index (χ2n) is 5.23. The number of aryl methyl sites for hydroxylation is 1. The van der Waals surface area contributed by atoms with Gasteiger partial charge in [0, 0.05) is 26.2 Å². The Kier molecular flexibility index (Phi) is 5.05. The number of carbonyl (C=O) groups is 1. The summed E-state index contributed by atoms with van der Waals surface area (Å²) in [5.41, 5.74) is 0.837. The van der Waals surface area contributed by atoms with Crippen LogP contribution >= 0.6 is 0 Å². The average Bonchev–Trinajstić information content (AvgIpc) is 2.47. The van der Waals surface area contributed by atoms with Crippen molar-refractivity contribution in [3.8, 4) is 5.75 Å². The molecule has 1 aromatic rings. The molecule has 0 saturated carbocycles. The van der Waals surface area contributed by atoms with Crippen molar-refractivity contribution in [2.45, 2.75) is 11.8 Å². The van der Waals surface area contributed by atoms with Gasteiger partial charge in [0.15, 0.2) is 0 Å². The van der Waals surface area contributed by atoms with E-state index < -0.39 is 16.0 Å². The summed E-state index contributed by atoms with van der Waals surface area (Å²) in [5, 5.41) is 8.78. The number of carboxylic acids is 1. The van der Waals surface area contributed by atoms with E-state index in [0.717, 1.165) is 5.56 Å². The number of ether oxygens (including phenoxy) is 1. The third-order valence-corrected chi connectivity index (χ3v) is 5.55. The first-order valence-corrected chi connectivity index (χ1v) is 8.37. The SMILES string of the molecule is COc1ccc(C)cc1S(=O)(=O)N1CCN(CC(=O)O)CC1. The number of methoxy groups -OCH3 is 1. The maximum atomic E-state index is 12.8. The monoisotopic (exact) mass is 328 g/mol. The fourth-order valence-corrected chi connectivity index (χ4v) is 4.11. The number of nitrogens with zero attached hydrogens (tertiary/aromatic N) is 2. The van der Waals surface area contributed by atoms with E-state index in [1.54, 1.807) is 23.1 Å². The maximum Gasteiger partial charge on any atom is 0.317 e. The lowest BCUT2D eigenvalue weighted by molar-refractivity contribution is -0.138. The maximum absolute atomic E-state index is 12.8. The lowest BCUT2D eigenvalue weighted by atomic mass is 10.2. The Labute approximate surface area is 130 Å². The topological polar surface area (TPSA) is 87.2 Å². The van der Waals surface area contributed by atoms with E-state index in [9.17, 15) is 13.2 Å². The third kappa shape index (κ3) is 3.57. The molecule has 22 heavy (non-hydrogen) atoms. The minimum atomic E-state index is -3.64. The van der Waals surface area contributed by atoms with Crippen LogP contribution in [-0.4, -0.2) is 68.5 Å². The van der Waals surface area contributed by atoms with Gasteiger partial charge >= 0.3 is 5.97 Å². The molecular weight excluding hydrogens is 308 g/mol. The van der Waals surface area contributed by atoms with Crippen molar-refractivity contribution in [3.63, 3.8) is 0 Å². The van der Waals surface area contributed by atoms with Crippen LogP contribution in [0, 0.1) is 6.92 Å². The van der Waals surface area contributed by atoms with Crippen LogP contribution in [0.1, 0.15) is 5.56 Å². The predicted molar refractivity (Wildman–Crippen MR) is 80.6 cm³/mol. The van der Waals surface area contributed by atoms with Crippen molar-refractivity contribution in [2.24, 2.45) is 0 Å². The molecule has 122 valence electrons. The van der Waals surface area contributed by atoms with E-state index in [2.05, 4.69) is 0 Å². The van der Waals surface area contributed by atoms with Gasteiger partial charge in [0.1, 0.15) is 10.6 Å². The van der Waals surface area contributed by atoms with E-state index in [1.165, 1.54) is 11.4 Å². The second-order valence-corrected chi connectivity index (χ2v) is 7.13. The molecule has 0 radical (unpaired) electrons. The minimum absolute atomic E-state index is 0.0678. The van der Waals surface area contributed by atoms with Gasteiger partial charge in [0.05, 0.1) is 13.7 Å². The molecule has 1 heterocycles. The number of carboxylic acid groups (broad SMARTS) is 1. The molecular formula is C14H20N2O5S. The Morgan fingerprint density at radius 2 is 1.91 bits per heavy atom. The van der Waals surface area contributed by atoms with E-state index in [1.807, 2.05) is 6.92 Å². The van der Waals surface area contributed by atoms with E-state index >= 15 is 0 Å². The van der Waals surface area contributed by atoms with Crippen molar-refractivity contribution >= 4 is 16.0 Å². The van der Waals surface area contributed by atoms with Crippen LogP contribution in [0.15, 0.2) is 23.1 Å². The standard InChI is InChI=1S/C14H20N2O5S/c1-11-3-4-12(21-2)13(9-11)22(19,20)16-7-5-15(6-8-16)10-14(17)18/h3-4,9H,5-8,10H2,1-2H3,(H,17,18). The molecule has 1 fully saturated rings. The van der Waals surface area contributed by atoms with Crippen LogP contribution in [0.25, 0.3) is 0 Å². The van der Waals surface area contributed by atoms with Gasteiger partial charge in [-0.3, -0.25) is 9.69 Å². The number of hydrogen-bond acceptors (Lipinski definition) is 5. The van der Waals surface area contributed by atoms with Crippen molar-refractivity contribution < 1.29 is 23.1 Å². The first kappa shape index (κ1) is 16.7. The van der Waals surface area contributed by atoms with Gasteiger partial charge in [-0.2, -0.15) is 4.31 Å². The fraction of sp³-hybridized carbons (Fsp3) is 0.500. The molecule has 1 aliphatic rings. The Balaban J connectivity index is 2.19. The van der Waals surface area contributed by atoms with Gasteiger partial charge in [0.2, 0.25) is 10.0 Å². The van der Waals surface area contributed by atoms with E-state index in [0.29, 0.717) is 18.8 Å². The largest absolute Gasteiger partial charge is 0.495 e. The molecule has 7 nitrogen and oxygen atoms in total. The van der Waals surface area contributed by atoms with Crippen LogP contribution in [0.3, 0.4) is 0 Å². The van der Waals surface area contributed by atoms with Gasteiger partial charge in [-0.25, -0.2) is 8.42 Å². The van der Waals surface area contributed by atoms with Gasteiger partial charge in [-0.15, -0.1) is 0 Å². The number of hydrogen-bond donors (Lipinski definition) is 1. The average molecular weight is 328 g/mol. The molecule has 8 heteroatoms. The van der Waals surface area contributed by atoms with E-state index in [4.69, 9.17) is 9.84 Å². The predicted octanol–water partition coefficient (Wildman–Crippen LogP) is 0.395. The summed E-state index contributed by atoms with van der Waals surface area (Å²) in [6.45, 7) is 3.10. The third-order valence-electron chi connectivity index (χ3n) is 3.63. The molecule has 1 N–H and O–H groups in total. The molecule has 2 rings (SSSR count). The smallest absolute Gasteiger partial charge is 0.317 e. The summed E-state index contributed by atoms with van der Waals surface area (Å²) in [6.07, 6.45) is 0. The molecule has 1 aliphatic heterocycles. The highest BCUT2D eigenvalue weighted by Gasteiger charge is 2.31. The van der Waals surface area contributed by atoms with Crippen molar-refractivity contribution in [1.29, 1.82) is 0 Å². The first-order valence-electron chi connectivity index (χ1n) is 6.93. The number of rotatable bonds is 5. The molecule has 0 spiro atoms. The summed E-state index contributed by atoms with van der Waals surface area (Å²) < 4.78 is 32.1. The summed E-state index contributed by atoms with van der Waals surface area (Å²) >= 11 is 0. The Morgan fingerprint density at radius 1 is 1.27 bits per heavy atom. The quantitative estimate of drug-likeness (QED) is 0.841. The summed E-state index contributed by atoms with van der Waals surface area (Å²) in [5.74, 6) is -0.588. The van der Waals surface area contributed by atoms with Crippen molar-refractivity contribution in [3.05, 3.63) is 23.8 Å². The highest BCUT2D eigenvalue weighted by molar-refractivity contribution is 7.89. The van der Waals surface area contributed by atoms with Crippen LogP contribution in [0.2, 0.25) is 0 Å². The van der Waals surface area contributed by atoms with Crippen molar-refractivity contribution in [2.75, 3.05) is 39.8 Å². The van der Waals surface area contributed by atoms with Gasteiger partial charge in [0.25, 0.3) is 0 Å². The van der Waals surface area contributed by atoms with Crippen LogP contribution in [0.4, 0.5) is 0 Å². The number of piperazine rings is 1. The molecule has 1 saturated heterocycles. The zero-order chi connectivity index (χ0) is 16.3. The molecule has 0 amide bonds. The first-order chi connectivity index (χ1) is 10.3. The van der Waals surface area contributed by atoms with Gasteiger partial charge in [-0.05, 0) is 24.6 Å². The Hall–Kier alpha value is -1.64.